The second kappa shape index (κ2) is 11.5. The summed E-state index contributed by atoms with van der Waals surface area (Å²) in [6, 6.07) is 13.2. The van der Waals surface area contributed by atoms with E-state index >= 15 is 0 Å². The van der Waals surface area contributed by atoms with Gasteiger partial charge in [0.2, 0.25) is 11.8 Å². The molecule has 0 radical (unpaired) electrons. The summed E-state index contributed by atoms with van der Waals surface area (Å²) in [4.78, 5) is 39.4. The van der Waals surface area contributed by atoms with Crippen LogP contribution in [0.15, 0.2) is 84.1 Å². The maximum atomic E-state index is 13.2. The summed E-state index contributed by atoms with van der Waals surface area (Å²) in [5.41, 5.74) is 1.55. The first-order chi connectivity index (χ1) is 16.4. The van der Waals surface area contributed by atoms with Crippen molar-refractivity contribution in [2.24, 2.45) is 7.05 Å². The van der Waals surface area contributed by atoms with E-state index in [1.54, 1.807) is 47.6 Å². The molecular formula is C25H26N4O5. The fraction of sp³-hybridized carbons (Fsp3) is 0.200. The van der Waals surface area contributed by atoms with Gasteiger partial charge in [-0.15, -0.1) is 6.58 Å². The maximum absolute atomic E-state index is 13.2. The van der Waals surface area contributed by atoms with Crippen molar-refractivity contribution < 1.29 is 18.9 Å². The average Bonchev–Trinajstić information content (AvgIpc) is 3.48. The molecule has 0 saturated carbocycles. The molecule has 3 rings (SSSR count). The number of aromatic nitrogens is 1. The number of rotatable bonds is 11. The van der Waals surface area contributed by atoms with Crippen molar-refractivity contribution in [3.05, 3.63) is 107 Å². The van der Waals surface area contributed by atoms with Gasteiger partial charge in [0.25, 0.3) is 5.69 Å². The summed E-state index contributed by atoms with van der Waals surface area (Å²) in [7, 11) is 1.90. The van der Waals surface area contributed by atoms with Crippen LogP contribution in [-0.4, -0.2) is 44.2 Å². The normalized spacial score (nSPS) is 10.9. The lowest BCUT2D eigenvalue weighted by Gasteiger charge is -2.26. The van der Waals surface area contributed by atoms with Crippen molar-refractivity contribution in [1.29, 1.82) is 0 Å². The monoisotopic (exact) mass is 462 g/mol. The van der Waals surface area contributed by atoms with Gasteiger partial charge in [-0.05, 0) is 48.0 Å². The van der Waals surface area contributed by atoms with Gasteiger partial charge in [0.05, 0.1) is 24.3 Å². The highest BCUT2D eigenvalue weighted by molar-refractivity contribution is 5.94. The van der Waals surface area contributed by atoms with E-state index in [-0.39, 0.29) is 37.1 Å². The number of nitro benzene ring substituents is 1. The van der Waals surface area contributed by atoms with Gasteiger partial charge in [-0.25, -0.2) is 0 Å². The molecule has 0 bridgehead atoms. The average molecular weight is 463 g/mol. The Morgan fingerprint density at radius 2 is 1.88 bits per heavy atom. The van der Waals surface area contributed by atoms with Gasteiger partial charge in [0.15, 0.2) is 0 Å². The number of benzene rings is 1. The van der Waals surface area contributed by atoms with E-state index in [2.05, 4.69) is 6.58 Å². The summed E-state index contributed by atoms with van der Waals surface area (Å²) in [5.74, 6) is 0.0298. The van der Waals surface area contributed by atoms with Crippen LogP contribution < -0.4 is 0 Å². The molecule has 34 heavy (non-hydrogen) atoms. The third-order valence-electron chi connectivity index (χ3n) is 5.19. The molecule has 3 aromatic rings. The smallest absolute Gasteiger partial charge is 0.269 e. The first-order valence-corrected chi connectivity index (χ1v) is 10.6. The molecule has 176 valence electrons. The first kappa shape index (κ1) is 24.2. The molecule has 0 unspecified atom stereocenters. The highest BCUT2D eigenvalue weighted by atomic mass is 16.6. The van der Waals surface area contributed by atoms with Crippen LogP contribution >= 0.6 is 0 Å². The van der Waals surface area contributed by atoms with Gasteiger partial charge < -0.3 is 18.8 Å². The van der Waals surface area contributed by atoms with E-state index in [1.165, 1.54) is 23.1 Å². The van der Waals surface area contributed by atoms with Gasteiger partial charge in [-0.3, -0.25) is 19.7 Å². The van der Waals surface area contributed by atoms with Crippen molar-refractivity contribution in [3.8, 4) is 0 Å². The molecule has 2 heterocycles. The fourth-order valence-electron chi connectivity index (χ4n) is 3.31. The van der Waals surface area contributed by atoms with Gasteiger partial charge in [-0.2, -0.15) is 0 Å². The highest BCUT2D eigenvalue weighted by Crippen LogP contribution is 2.14. The highest BCUT2D eigenvalue weighted by Gasteiger charge is 2.21. The molecule has 1 aromatic carbocycles. The van der Waals surface area contributed by atoms with Crippen molar-refractivity contribution in [2.45, 2.75) is 13.1 Å². The molecule has 0 aliphatic heterocycles. The maximum Gasteiger partial charge on any atom is 0.269 e. The Balaban J connectivity index is 1.72. The van der Waals surface area contributed by atoms with E-state index in [0.29, 0.717) is 17.9 Å². The van der Waals surface area contributed by atoms with Crippen molar-refractivity contribution in [2.75, 3.05) is 13.1 Å². The molecule has 0 atom stereocenters. The second-order valence-electron chi connectivity index (χ2n) is 7.63. The largest absolute Gasteiger partial charge is 0.467 e. The quantitative estimate of drug-likeness (QED) is 0.187. The summed E-state index contributed by atoms with van der Waals surface area (Å²) < 4.78 is 7.36. The first-order valence-electron chi connectivity index (χ1n) is 10.6. The topological polar surface area (TPSA) is 102 Å². The number of hydrogen-bond donors (Lipinski definition) is 0. The predicted molar refractivity (Wildman–Crippen MR) is 127 cm³/mol. The minimum Gasteiger partial charge on any atom is -0.467 e. The Morgan fingerprint density at radius 3 is 2.47 bits per heavy atom. The van der Waals surface area contributed by atoms with Crippen LogP contribution in [0, 0.1) is 10.1 Å². The Bertz CT molecular complexity index is 1160. The molecule has 9 nitrogen and oxygen atoms in total. The van der Waals surface area contributed by atoms with Gasteiger partial charge in [0, 0.05) is 43.7 Å². The Hall–Kier alpha value is -4.40. The lowest BCUT2D eigenvalue weighted by molar-refractivity contribution is -0.384. The van der Waals surface area contributed by atoms with Gasteiger partial charge >= 0.3 is 0 Å². The predicted octanol–water partition coefficient (Wildman–Crippen LogP) is 3.78. The molecule has 9 heteroatoms. The molecule has 0 fully saturated rings. The number of carbonyl (C=O) groups excluding carboxylic acids is 2. The minimum atomic E-state index is -0.486. The zero-order valence-corrected chi connectivity index (χ0v) is 18.9. The van der Waals surface area contributed by atoms with Crippen LogP contribution in [0.3, 0.4) is 0 Å². The summed E-state index contributed by atoms with van der Waals surface area (Å²) in [5, 5.41) is 10.8. The molecule has 0 saturated heterocycles. The standard InChI is InChI=1S/C25H26N4O5/c1-3-14-27(24(30)13-10-20-8-11-21(12-9-20)29(32)33)19-25(31)28(18-23-7-5-16-34-23)17-22-6-4-15-26(22)2/h3-13,15-16H,1,14,17-19H2,2H3. The Kier molecular flexibility index (Phi) is 8.17. The fourth-order valence-corrected chi connectivity index (χ4v) is 3.31. The van der Waals surface area contributed by atoms with E-state index in [0.717, 1.165) is 5.69 Å². The van der Waals surface area contributed by atoms with Crippen LogP contribution in [-0.2, 0) is 29.7 Å². The Morgan fingerprint density at radius 1 is 1.12 bits per heavy atom. The number of non-ortho nitro benzene ring substituents is 1. The zero-order valence-electron chi connectivity index (χ0n) is 18.9. The summed E-state index contributed by atoms with van der Waals surface area (Å²) in [6.07, 6.45) is 7.90. The van der Waals surface area contributed by atoms with Crippen molar-refractivity contribution in [1.82, 2.24) is 14.4 Å². The van der Waals surface area contributed by atoms with Crippen LogP contribution in [0.4, 0.5) is 5.69 Å². The number of amides is 2. The van der Waals surface area contributed by atoms with Crippen molar-refractivity contribution >= 4 is 23.6 Å². The van der Waals surface area contributed by atoms with Crippen LogP contribution in [0.5, 0.6) is 0 Å². The summed E-state index contributed by atoms with van der Waals surface area (Å²) in [6.45, 7) is 4.37. The lowest BCUT2D eigenvalue weighted by atomic mass is 10.2. The van der Waals surface area contributed by atoms with E-state index in [1.807, 2.05) is 29.9 Å². The number of carbonyl (C=O) groups is 2. The molecular weight excluding hydrogens is 436 g/mol. The SMILES string of the molecule is C=CCN(CC(=O)N(Cc1ccco1)Cc1cccn1C)C(=O)C=Cc1ccc([N+](=O)[O-])cc1. The molecule has 0 aliphatic rings. The number of nitro groups is 1. The molecule has 2 amide bonds. The second-order valence-corrected chi connectivity index (χ2v) is 7.63. The molecule has 2 aromatic heterocycles. The minimum absolute atomic E-state index is 0.0303. The van der Waals surface area contributed by atoms with Crippen LogP contribution in [0.1, 0.15) is 17.0 Å². The van der Waals surface area contributed by atoms with E-state index in [9.17, 15) is 19.7 Å². The van der Waals surface area contributed by atoms with Gasteiger partial charge in [-0.1, -0.05) is 6.08 Å². The number of aryl methyl sites for hydroxylation is 1. The summed E-state index contributed by atoms with van der Waals surface area (Å²) >= 11 is 0. The molecule has 0 N–H and O–H groups in total. The number of nitrogens with zero attached hydrogens (tertiary/aromatic N) is 4. The molecule has 0 spiro atoms. The third-order valence-corrected chi connectivity index (χ3v) is 5.19. The third kappa shape index (κ3) is 6.55. The van der Waals surface area contributed by atoms with Crippen LogP contribution in [0.2, 0.25) is 0 Å². The molecule has 0 aliphatic carbocycles. The zero-order chi connectivity index (χ0) is 24.5. The van der Waals surface area contributed by atoms with E-state index < -0.39 is 4.92 Å². The van der Waals surface area contributed by atoms with Crippen LogP contribution in [0.25, 0.3) is 6.08 Å². The number of hydrogen-bond acceptors (Lipinski definition) is 5. The van der Waals surface area contributed by atoms with Gasteiger partial charge in [0.1, 0.15) is 12.3 Å². The lowest BCUT2D eigenvalue weighted by Crippen LogP contribution is -2.42. The Labute approximate surface area is 197 Å². The van der Waals surface area contributed by atoms with E-state index in [4.69, 9.17) is 4.42 Å². The van der Waals surface area contributed by atoms with Crippen molar-refractivity contribution in [3.63, 3.8) is 0 Å². The number of furan rings is 1.